The maximum absolute atomic E-state index is 4.60. The number of nitrogens with zero attached hydrogens (tertiary/aromatic N) is 3. The first-order chi connectivity index (χ1) is 7.84. The summed E-state index contributed by atoms with van der Waals surface area (Å²) in [5, 5.41) is 7.98. The van der Waals surface area contributed by atoms with E-state index < -0.39 is 0 Å². The first-order valence-corrected chi connectivity index (χ1v) is 5.55. The van der Waals surface area contributed by atoms with Crippen LogP contribution in [0.1, 0.15) is 24.6 Å². The summed E-state index contributed by atoms with van der Waals surface area (Å²) in [7, 11) is 0. The number of hydrogen-bond donors (Lipinski definition) is 1. The lowest BCUT2D eigenvalue weighted by Crippen LogP contribution is -2.44. The Morgan fingerprint density at radius 2 is 2.44 bits per heavy atom. The molecule has 1 aromatic rings. The number of fused-ring (bicyclic) bond motifs is 1. The number of aliphatic imine (C=N–C) groups is 1. The molecular formula is C12H14N4. The molecule has 0 spiro atoms. The lowest BCUT2D eigenvalue weighted by molar-refractivity contribution is 0.278. The second kappa shape index (κ2) is 3.33. The zero-order valence-corrected chi connectivity index (χ0v) is 9.22. The highest BCUT2D eigenvalue weighted by Crippen LogP contribution is 2.24. The minimum Gasteiger partial charge on any atom is -0.364 e. The molecule has 16 heavy (non-hydrogen) atoms. The lowest BCUT2D eigenvalue weighted by Gasteiger charge is -2.32. The van der Waals surface area contributed by atoms with Crippen LogP contribution in [0.5, 0.6) is 0 Å². The highest BCUT2D eigenvalue weighted by molar-refractivity contribution is 5.83. The molecule has 0 bridgehead atoms. The van der Waals surface area contributed by atoms with Gasteiger partial charge in [-0.3, -0.25) is 4.99 Å². The van der Waals surface area contributed by atoms with E-state index in [1.54, 1.807) is 0 Å². The van der Waals surface area contributed by atoms with E-state index in [-0.39, 0.29) is 5.66 Å². The highest BCUT2D eigenvalue weighted by Gasteiger charge is 2.29. The first-order valence-electron chi connectivity index (χ1n) is 5.55. The fraction of sp³-hybridized carbons (Fsp3) is 0.333. The van der Waals surface area contributed by atoms with Gasteiger partial charge < -0.3 is 5.32 Å². The quantitative estimate of drug-likeness (QED) is 0.811. The second-order valence-electron chi connectivity index (χ2n) is 4.09. The van der Waals surface area contributed by atoms with Crippen molar-refractivity contribution < 1.29 is 0 Å². The molecule has 4 heteroatoms. The molecule has 4 nitrogen and oxygen atoms in total. The van der Waals surface area contributed by atoms with Gasteiger partial charge in [0.15, 0.2) is 0 Å². The molecule has 1 unspecified atom stereocenters. The molecule has 3 heterocycles. The molecule has 0 aliphatic carbocycles. The van der Waals surface area contributed by atoms with E-state index in [1.165, 1.54) is 0 Å². The van der Waals surface area contributed by atoms with Gasteiger partial charge in [0.25, 0.3) is 0 Å². The maximum Gasteiger partial charge on any atom is 0.150 e. The average molecular weight is 214 g/mol. The molecule has 0 saturated heterocycles. The number of allylic oxidation sites excluding steroid dienone is 2. The predicted octanol–water partition coefficient (Wildman–Crippen LogP) is 1.55. The van der Waals surface area contributed by atoms with Gasteiger partial charge in [0.1, 0.15) is 5.66 Å². The van der Waals surface area contributed by atoms with Crippen LogP contribution in [0.15, 0.2) is 35.6 Å². The van der Waals surface area contributed by atoms with Crippen LogP contribution < -0.4 is 5.32 Å². The molecule has 1 aromatic heterocycles. The lowest BCUT2D eigenvalue weighted by atomic mass is 10.1. The van der Waals surface area contributed by atoms with E-state index in [4.69, 9.17) is 0 Å². The normalized spacial score (nSPS) is 25.8. The molecule has 1 atom stereocenters. The largest absolute Gasteiger partial charge is 0.364 e. The van der Waals surface area contributed by atoms with Crippen LogP contribution in [0.25, 0.3) is 0 Å². The molecule has 1 N–H and O–H groups in total. The topological polar surface area (TPSA) is 42.2 Å². The van der Waals surface area contributed by atoms with Crippen LogP contribution in [-0.2, 0) is 12.2 Å². The van der Waals surface area contributed by atoms with E-state index in [0.717, 1.165) is 17.7 Å². The third-order valence-electron chi connectivity index (χ3n) is 3.15. The van der Waals surface area contributed by atoms with Gasteiger partial charge in [0.05, 0.1) is 12.2 Å². The van der Waals surface area contributed by atoms with E-state index in [0.29, 0.717) is 6.54 Å². The van der Waals surface area contributed by atoms with E-state index >= 15 is 0 Å². The molecule has 0 saturated carbocycles. The van der Waals surface area contributed by atoms with Crippen molar-refractivity contribution in [1.29, 1.82) is 0 Å². The zero-order chi connectivity index (χ0) is 11.0. The first kappa shape index (κ1) is 9.39. The monoisotopic (exact) mass is 214 g/mol. The van der Waals surface area contributed by atoms with Crippen molar-refractivity contribution in [2.45, 2.75) is 25.6 Å². The van der Waals surface area contributed by atoms with Crippen molar-refractivity contribution >= 4 is 6.21 Å². The average Bonchev–Trinajstić information content (AvgIpc) is 2.90. The number of dihydropyridines is 1. The SMILES string of the molecule is CCC1(n2cc3c(n2)CN=C3)C=CC=CN1. The van der Waals surface area contributed by atoms with Crippen LogP contribution in [0, 0.1) is 0 Å². The summed E-state index contributed by atoms with van der Waals surface area (Å²) in [5.41, 5.74) is 1.99. The van der Waals surface area contributed by atoms with Crippen LogP contribution in [0.2, 0.25) is 0 Å². The summed E-state index contributed by atoms with van der Waals surface area (Å²) in [6.07, 6.45) is 13.1. The molecule has 2 aliphatic rings. The fourth-order valence-corrected chi connectivity index (χ4v) is 2.12. The maximum atomic E-state index is 4.60. The van der Waals surface area contributed by atoms with Gasteiger partial charge in [-0.05, 0) is 24.8 Å². The van der Waals surface area contributed by atoms with Gasteiger partial charge in [-0.15, -0.1) is 0 Å². The Hall–Kier alpha value is -1.84. The number of hydrogen-bond acceptors (Lipinski definition) is 3. The van der Waals surface area contributed by atoms with Gasteiger partial charge >= 0.3 is 0 Å². The van der Waals surface area contributed by atoms with Crippen molar-refractivity contribution in [3.63, 3.8) is 0 Å². The summed E-state index contributed by atoms with van der Waals surface area (Å²) >= 11 is 0. The summed E-state index contributed by atoms with van der Waals surface area (Å²) in [5.74, 6) is 0. The van der Waals surface area contributed by atoms with Crippen molar-refractivity contribution in [2.24, 2.45) is 4.99 Å². The van der Waals surface area contributed by atoms with E-state index in [1.807, 2.05) is 23.2 Å². The minimum absolute atomic E-state index is 0.215. The Bertz CT molecular complexity index is 495. The summed E-state index contributed by atoms with van der Waals surface area (Å²) in [4.78, 5) is 4.19. The van der Waals surface area contributed by atoms with Crippen molar-refractivity contribution in [3.05, 3.63) is 41.9 Å². The highest BCUT2D eigenvalue weighted by atomic mass is 15.4. The van der Waals surface area contributed by atoms with Crippen LogP contribution >= 0.6 is 0 Å². The molecule has 0 aromatic carbocycles. The predicted molar refractivity (Wildman–Crippen MR) is 63.2 cm³/mol. The van der Waals surface area contributed by atoms with Gasteiger partial charge in [-0.2, -0.15) is 5.10 Å². The number of aromatic nitrogens is 2. The third-order valence-corrected chi connectivity index (χ3v) is 3.15. The summed E-state index contributed by atoms with van der Waals surface area (Å²) < 4.78 is 2.00. The molecule has 0 amide bonds. The summed E-state index contributed by atoms with van der Waals surface area (Å²) in [6.45, 7) is 2.86. The molecule has 82 valence electrons. The Kier molecular flexibility index (Phi) is 1.96. The number of nitrogens with one attached hydrogen (secondary N) is 1. The Morgan fingerprint density at radius 3 is 3.12 bits per heavy atom. The number of rotatable bonds is 2. The van der Waals surface area contributed by atoms with Crippen LogP contribution in [0.4, 0.5) is 0 Å². The standard InChI is InChI=1S/C12H14N4/c1-2-12(5-3-4-6-14-12)16-9-10-7-13-8-11(10)15-16/h3-7,9,14H,2,8H2,1H3. The fourth-order valence-electron chi connectivity index (χ4n) is 2.12. The third kappa shape index (κ3) is 1.23. The Morgan fingerprint density at radius 1 is 1.50 bits per heavy atom. The minimum atomic E-state index is -0.215. The molecule has 2 aliphatic heterocycles. The Balaban J connectivity index is 2.03. The van der Waals surface area contributed by atoms with Gasteiger partial charge in [-0.25, -0.2) is 4.68 Å². The molecule has 3 rings (SSSR count). The van der Waals surface area contributed by atoms with Crippen LogP contribution in [-0.4, -0.2) is 16.0 Å². The van der Waals surface area contributed by atoms with E-state index in [2.05, 4.69) is 40.7 Å². The zero-order valence-electron chi connectivity index (χ0n) is 9.22. The van der Waals surface area contributed by atoms with Crippen molar-refractivity contribution in [2.75, 3.05) is 0 Å². The smallest absolute Gasteiger partial charge is 0.150 e. The Labute approximate surface area is 94.4 Å². The van der Waals surface area contributed by atoms with Gasteiger partial charge in [0.2, 0.25) is 0 Å². The van der Waals surface area contributed by atoms with Crippen molar-refractivity contribution in [3.8, 4) is 0 Å². The molecule has 0 radical (unpaired) electrons. The van der Waals surface area contributed by atoms with Crippen LogP contribution in [0.3, 0.4) is 0 Å². The summed E-state index contributed by atoms with van der Waals surface area (Å²) in [6, 6.07) is 0. The van der Waals surface area contributed by atoms with Gasteiger partial charge in [-0.1, -0.05) is 13.0 Å². The van der Waals surface area contributed by atoms with E-state index in [9.17, 15) is 0 Å². The molecular weight excluding hydrogens is 200 g/mol. The van der Waals surface area contributed by atoms with Gasteiger partial charge in [0, 0.05) is 18.0 Å². The second-order valence-corrected chi connectivity index (χ2v) is 4.09. The molecule has 0 fully saturated rings. The van der Waals surface area contributed by atoms with Crippen molar-refractivity contribution in [1.82, 2.24) is 15.1 Å².